The highest BCUT2D eigenvalue weighted by atomic mass is 35.5. The van der Waals surface area contributed by atoms with Crippen molar-refractivity contribution in [3.8, 4) is 0 Å². The van der Waals surface area contributed by atoms with Crippen molar-refractivity contribution in [3.05, 3.63) is 94.0 Å². The Morgan fingerprint density at radius 1 is 0.944 bits per heavy atom. The lowest BCUT2D eigenvalue weighted by atomic mass is 9.85. The van der Waals surface area contributed by atoms with Gasteiger partial charge in [-0.15, -0.1) is 0 Å². The second kappa shape index (κ2) is 8.31. The number of nitrogens with one attached hydrogen (secondary N) is 1. The van der Waals surface area contributed by atoms with Crippen LogP contribution < -0.4 is 10.2 Å². The fourth-order valence-corrected chi connectivity index (χ4v) is 5.84. The van der Waals surface area contributed by atoms with E-state index in [0.717, 1.165) is 22.3 Å². The van der Waals surface area contributed by atoms with Gasteiger partial charge in [0.05, 0.1) is 29.8 Å². The van der Waals surface area contributed by atoms with Gasteiger partial charge in [-0.2, -0.15) is 5.10 Å². The smallest absolute Gasteiger partial charge is 0.249 e. The molecule has 0 aliphatic carbocycles. The third-order valence-electron chi connectivity index (χ3n) is 7.27. The summed E-state index contributed by atoms with van der Waals surface area (Å²) in [5.74, 6) is -2.69. The lowest BCUT2D eigenvalue weighted by Crippen LogP contribution is -2.46. The van der Waals surface area contributed by atoms with Crippen LogP contribution in [0.5, 0.6) is 0 Å². The number of carbonyl (C=O) groups excluding carboxylic acids is 3. The van der Waals surface area contributed by atoms with E-state index in [1.54, 1.807) is 41.6 Å². The first-order valence-corrected chi connectivity index (χ1v) is 12.2. The molecule has 1 N–H and O–H groups in total. The SMILES string of the molecule is Cc1ccc(N2C(=O)[C@@H]3[C@@H](C2=O)[C@@H]2c4ccccc4C=NN2[C@@H]3C(=O)Nc2ccc(Cl)cc2)c(C)c1. The number of carbonyl (C=O) groups is 3. The zero-order chi connectivity index (χ0) is 25.1. The lowest BCUT2D eigenvalue weighted by molar-refractivity contribution is -0.129. The van der Waals surface area contributed by atoms with Gasteiger partial charge in [0.15, 0.2) is 0 Å². The molecule has 0 saturated carbocycles. The molecule has 4 atom stereocenters. The van der Waals surface area contributed by atoms with Gasteiger partial charge in [-0.1, -0.05) is 53.6 Å². The third kappa shape index (κ3) is 3.34. The van der Waals surface area contributed by atoms with Crippen molar-refractivity contribution in [2.75, 3.05) is 10.2 Å². The van der Waals surface area contributed by atoms with Crippen molar-refractivity contribution in [1.82, 2.24) is 5.01 Å². The summed E-state index contributed by atoms with van der Waals surface area (Å²) >= 11 is 5.99. The second-order valence-corrected chi connectivity index (χ2v) is 9.93. The number of benzene rings is 3. The molecule has 3 aromatic rings. The Labute approximate surface area is 213 Å². The van der Waals surface area contributed by atoms with Crippen LogP contribution in [0, 0.1) is 25.7 Å². The summed E-state index contributed by atoms with van der Waals surface area (Å²) in [6.45, 7) is 3.85. The fraction of sp³-hybridized carbons (Fsp3) is 0.214. The van der Waals surface area contributed by atoms with Gasteiger partial charge in [-0.05, 0) is 60.9 Å². The van der Waals surface area contributed by atoms with Crippen LogP contribution in [0.15, 0.2) is 71.8 Å². The van der Waals surface area contributed by atoms with E-state index >= 15 is 0 Å². The summed E-state index contributed by atoms with van der Waals surface area (Å²) in [5, 5.41) is 9.65. The molecule has 0 aromatic heterocycles. The first-order chi connectivity index (χ1) is 17.3. The standard InChI is InChI=1S/C28H23ClN4O3/c1-15-7-12-21(16(2)13-15)32-27(35)22-23(28(32)36)25(26(34)31-19-10-8-18(29)9-11-19)33-24(22)20-6-4-3-5-17(20)14-30-33/h3-14,22-25H,1-2H3,(H,31,34)/t22-,23-,24+,25+/m1/s1. The largest absolute Gasteiger partial charge is 0.324 e. The topological polar surface area (TPSA) is 82.1 Å². The van der Waals surface area contributed by atoms with Crippen LogP contribution in [0.3, 0.4) is 0 Å². The molecule has 3 aliphatic rings. The van der Waals surface area contributed by atoms with Gasteiger partial charge in [0.1, 0.15) is 6.04 Å². The lowest BCUT2D eigenvalue weighted by Gasteiger charge is -2.33. The Morgan fingerprint density at radius 2 is 1.67 bits per heavy atom. The second-order valence-electron chi connectivity index (χ2n) is 9.49. The average Bonchev–Trinajstić information content (AvgIpc) is 3.34. The van der Waals surface area contributed by atoms with E-state index in [1.807, 2.05) is 50.2 Å². The maximum absolute atomic E-state index is 13.9. The van der Waals surface area contributed by atoms with Gasteiger partial charge in [-0.25, -0.2) is 4.90 Å². The Morgan fingerprint density at radius 3 is 2.42 bits per heavy atom. The monoisotopic (exact) mass is 498 g/mol. The number of fused-ring (bicyclic) bond motifs is 5. The van der Waals surface area contributed by atoms with Crippen LogP contribution in [-0.4, -0.2) is 35.0 Å². The van der Waals surface area contributed by atoms with Crippen molar-refractivity contribution in [1.29, 1.82) is 0 Å². The van der Waals surface area contributed by atoms with Crippen molar-refractivity contribution in [2.24, 2.45) is 16.9 Å². The summed E-state index contributed by atoms with van der Waals surface area (Å²) in [6.07, 6.45) is 1.69. The molecule has 6 rings (SSSR count). The van der Waals surface area contributed by atoms with E-state index in [0.29, 0.717) is 16.4 Å². The number of amides is 3. The van der Waals surface area contributed by atoms with Crippen molar-refractivity contribution in [3.63, 3.8) is 0 Å². The van der Waals surface area contributed by atoms with Gasteiger partial charge in [0, 0.05) is 10.7 Å². The summed E-state index contributed by atoms with van der Waals surface area (Å²) < 4.78 is 0. The summed E-state index contributed by atoms with van der Waals surface area (Å²) in [7, 11) is 0. The van der Waals surface area contributed by atoms with Gasteiger partial charge < -0.3 is 5.32 Å². The number of halogens is 1. The zero-order valence-electron chi connectivity index (χ0n) is 19.7. The summed E-state index contributed by atoms with van der Waals surface area (Å²) in [6, 6.07) is 18.6. The van der Waals surface area contributed by atoms with E-state index in [4.69, 9.17) is 11.6 Å². The van der Waals surface area contributed by atoms with E-state index in [2.05, 4.69) is 10.4 Å². The Hall–Kier alpha value is -3.97. The van der Waals surface area contributed by atoms with Crippen molar-refractivity contribution >= 4 is 46.9 Å². The Balaban J connectivity index is 1.45. The average molecular weight is 499 g/mol. The van der Waals surface area contributed by atoms with Crippen LogP contribution in [0.1, 0.15) is 28.3 Å². The molecule has 2 saturated heterocycles. The fourth-order valence-electron chi connectivity index (χ4n) is 5.71. The minimum absolute atomic E-state index is 0.305. The van der Waals surface area contributed by atoms with Crippen LogP contribution >= 0.6 is 11.6 Å². The third-order valence-corrected chi connectivity index (χ3v) is 7.52. The van der Waals surface area contributed by atoms with E-state index in [1.165, 1.54) is 4.90 Å². The highest BCUT2D eigenvalue weighted by Crippen LogP contribution is 2.53. The van der Waals surface area contributed by atoms with Crippen molar-refractivity contribution in [2.45, 2.75) is 25.9 Å². The molecule has 180 valence electrons. The van der Waals surface area contributed by atoms with Crippen molar-refractivity contribution < 1.29 is 14.4 Å². The van der Waals surface area contributed by atoms with Gasteiger partial charge in [0.25, 0.3) is 0 Å². The van der Waals surface area contributed by atoms with Gasteiger partial charge in [-0.3, -0.25) is 19.4 Å². The number of aryl methyl sites for hydroxylation is 2. The molecule has 3 aliphatic heterocycles. The van der Waals surface area contributed by atoms with E-state index in [9.17, 15) is 14.4 Å². The quantitative estimate of drug-likeness (QED) is 0.540. The molecular weight excluding hydrogens is 476 g/mol. The molecule has 2 fully saturated rings. The molecule has 0 radical (unpaired) electrons. The molecule has 3 amide bonds. The molecule has 3 aromatic carbocycles. The van der Waals surface area contributed by atoms with Crippen LogP contribution in [0.2, 0.25) is 5.02 Å². The van der Waals surface area contributed by atoms with Crippen LogP contribution in [0.25, 0.3) is 0 Å². The Kier molecular flexibility index (Phi) is 5.19. The zero-order valence-corrected chi connectivity index (χ0v) is 20.4. The minimum atomic E-state index is -0.951. The maximum Gasteiger partial charge on any atom is 0.249 e. The number of hydrogen-bond donors (Lipinski definition) is 1. The molecule has 0 spiro atoms. The number of imide groups is 1. The predicted molar refractivity (Wildman–Crippen MR) is 138 cm³/mol. The number of rotatable bonds is 3. The van der Waals surface area contributed by atoms with Gasteiger partial charge in [0.2, 0.25) is 17.7 Å². The molecule has 0 unspecified atom stereocenters. The minimum Gasteiger partial charge on any atom is -0.324 e. The van der Waals surface area contributed by atoms with Crippen LogP contribution in [0.4, 0.5) is 11.4 Å². The van der Waals surface area contributed by atoms with E-state index in [-0.39, 0.29) is 11.8 Å². The maximum atomic E-state index is 13.9. The molecule has 8 heteroatoms. The van der Waals surface area contributed by atoms with Gasteiger partial charge >= 0.3 is 0 Å². The predicted octanol–water partition coefficient (Wildman–Crippen LogP) is 4.47. The molecular formula is C28H23ClN4O3. The number of hydrazone groups is 1. The summed E-state index contributed by atoms with van der Waals surface area (Å²) in [4.78, 5) is 42.8. The first kappa shape index (κ1) is 22.5. The molecule has 0 bridgehead atoms. The van der Waals surface area contributed by atoms with E-state index < -0.39 is 29.8 Å². The highest BCUT2D eigenvalue weighted by molar-refractivity contribution is 6.30. The number of anilines is 2. The summed E-state index contributed by atoms with van der Waals surface area (Å²) in [5.41, 5.74) is 4.74. The molecule has 7 nitrogen and oxygen atoms in total. The normalized spacial score (nSPS) is 24.0. The number of nitrogens with zero attached hydrogens (tertiary/aromatic N) is 3. The van der Waals surface area contributed by atoms with Crippen LogP contribution in [-0.2, 0) is 14.4 Å². The highest BCUT2D eigenvalue weighted by Gasteiger charge is 2.65. The molecule has 3 heterocycles. The Bertz CT molecular complexity index is 1450. The first-order valence-electron chi connectivity index (χ1n) is 11.8. The molecule has 36 heavy (non-hydrogen) atoms. The number of hydrogen-bond acceptors (Lipinski definition) is 5.